The van der Waals surface area contributed by atoms with Crippen molar-refractivity contribution in [3.63, 3.8) is 0 Å². The molecule has 1 fully saturated rings. The van der Waals surface area contributed by atoms with Gasteiger partial charge in [0.2, 0.25) is 0 Å². The number of carbonyl (C=O) groups excluding carboxylic acids is 1. The fraction of sp³-hybridized carbons (Fsp3) is 0.433. The minimum atomic E-state index is -4.66. The molecule has 2 aliphatic rings. The lowest BCUT2D eigenvalue weighted by Crippen LogP contribution is -2.56. The third-order valence-electron chi connectivity index (χ3n) is 8.50. The zero-order chi connectivity index (χ0) is 27.1. The van der Waals surface area contributed by atoms with Crippen LogP contribution < -0.4 is 5.32 Å². The summed E-state index contributed by atoms with van der Waals surface area (Å²) in [5.74, 6) is -0.224. The molecule has 2 aliphatic carbocycles. The Kier molecular flexibility index (Phi) is 6.80. The Hall–Kier alpha value is -3.26. The topological polar surface area (TPSA) is 75.1 Å². The normalized spacial score (nSPS) is 24.8. The van der Waals surface area contributed by atoms with Gasteiger partial charge >= 0.3 is 6.18 Å². The average molecular weight is 524 g/mol. The lowest BCUT2D eigenvalue weighted by atomic mass is 9.52. The zero-order valence-corrected chi connectivity index (χ0v) is 21.6. The first-order chi connectivity index (χ1) is 18.0. The van der Waals surface area contributed by atoms with E-state index in [0.29, 0.717) is 36.3 Å². The molecule has 1 heterocycles. The zero-order valence-electron chi connectivity index (χ0n) is 21.6. The first-order valence-corrected chi connectivity index (χ1v) is 13.1. The van der Waals surface area contributed by atoms with Gasteiger partial charge in [-0.1, -0.05) is 43.3 Å². The van der Waals surface area contributed by atoms with Crippen LogP contribution >= 0.6 is 0 Å². The van der Waals surface area contributed by atoms with Crippen molar-refractivity contribution in [3.8, 4) is 0 Å². The lowest BCUT2D eigenvalue weighted by molar-refractivity contribution is -0.279. The molecule has 8 heteroatoms. The third-order valence-corrected chi connectivity index (χ3v) is 8.50. The maximum absolute atomic E-state index is 13.8. The van der Waals surface area contributed by atoms with E-state index in [0.717, 1.165) is 28.8 Å². The van der Waals surface area contributed by atoms with Gasteiger partial charge in [-0.15, -0.1) is 0 Å². The number of aliphatic hydroxyl groups is 1. The fourth-order valence-corrected chi connectivity index (χ4v) is 6.38. The van der Waals surface area contributed by atoms with Crippen LogP contribution in [0.2, 0.25) is 0 Å². The number of amides is 1. The predicted molar refractivity (Wildman–Crippen MR) is 139 cm³/mol. The molecule has 38 heavy (non-hydrogen) atoms. The number of carbonyl (C=O) groups is 1. The van der Waals surface area contributed by atoms with E-state index in [-0.39, 0.29) is 31.1 Å². The van der Waals surface area contributed by atoms with Crippen molar-refractivity contribution in [2.45, 2.75) is 76.0 Å². The van der Waals surface area contributed by atoms with Gasteiger partial charge in [0.15, 0.2) is 11.4 Å². The summed E-state index contributed by atoms with van der Waals surface area (Å²) in [4.78, 5) is 21.9. The Morgan fingerprint density at radius 2 is 1.92 bits per heavy atom. The molecule has 1 amide bonds. The van der Waals surface area contributed by atoms with E-state index in [1.54, 1.807) is 19.2 Å². The van der Waals surface area contributed by atoms with Gasteiger partial charge in [-0.25, -0.2) is 4.98 Å². The van der Waals surface area contributed by atoms with E-state index in [1.165, 1.54) is 0 Å². The van der Waals surface area contributed by atoms with E-state index in [2.05, 4.69) is 15.3 Å². The van der Waals surface area contributed by atoms with Crippen LogP contribution in [-0.2, 0) is 24.7 Å². The summed E-state index contributed by atoms with van der Waals surface area (Å²) >= 11 is 0. The van der Waals surface area contributed by atoms with E-state index in [4.69, 9.17) is 0 Å². The van der Waals surface area contributed by atoms with Gasteiger partial charge in [-0.3, -0.25) is 9.78 Å². The fourth-order valence-electron chi connectivity index (χ4n) is 6.38. The van der Waals surface area contributed by atoms with Crippen LogP contribution in [0.25, 0.3) is 0 Å². The Balaban J connectivity index is 1.48. The molecule has 3 aromatic rings. The van der Waals surface area contributed by atoms with Crippen LogP contribution in [-0.4, -0.2) is 32.8 Å². The van der Waals surface area contributed by atoms with Crippen LogP contribution in [0.4, 0.5) is 19.0 Å². The number of aromatic nitrogens is 2. The number of nitrogens with one attached hydrogen (secondary N) is 1. The largest absolute Gasteiger partial charge is 0.417 e. The monoisotopic (exact) mass is 523 g/mol. The molecule has 5 nitrogen and oxygen atoms in total. The number of halogens is 3. The molecule has 1 aromatic heterocycles. The van der Waals surface area contributed by atoms with Crippen molar-refractivity contribution < 1.29 is 23.1 Å². The number of fused-ring (bicyclic) bond motifs is 3. The molecule has 3 atom stereocenters. The smallest absolute Gasteiger partial charge is 0.380 e. The van der Waals surface area contributed by atoms with Crippen molar-refractivity contribution in [2.24, 2.45) is 5.92 Å². The Bertz CT molecular complexity index is 1340. The number of rotatable bonds is 5. The molecule has 0 bridgehead atoms. The Labute approximate surface area is 220 Å². The Morgan fingerprint density at radius 1 is 1.16 bits per heavy atom. The van der Waals surface area contributed by atoms with Gasteiger partial charge in [0.25, 0.3) is 5.91 Å². The van der Waals surface area contributed by atoms with Crippen LogP contribution in [0.5, 0.6) is 0 Å². The quantitative estimate of drug-likeness (QED) is 0.423. The van der Waals surface area contributed by atoms with Gasteiger partial charge < -0.3 is 10.4 Å². The highest BCUT2D eigenvalue weighted by Crippen LogP contribution is 2.57. The van der Waals surface area contributed by atoms with Gasteiger partial charge in [-0.05, 0) is 86.6 Å². The van der Waals surface area contributed by atoms with E-state index in [9.17, 15) is 23.1 Å². The molecule has 0 saturated heterocycles. The molecular formula is C30H32F3N3O2. The molecule has 1 saturated carbocycles. The van der Waals surface area contributed by atoms with Crippen LogP contribution in [0.3, 0.4) is 0 Å². The highest BCUT2D eigenvalue weighted by Gasteiger charge is 2.61. The number of aryl methyl sites for hydroxylation is 3. The summed E-state index contributed by atoms with van der Waals surface area (Å²) in [7, 11) is 0. The van der Waals surface area contributed by atoms with E-state index in [1.807, 2.05) is 49.4 Å². The van der Waals surface area contributed by atoms with Gasteiger partial charge in [0.05, 0.1) is 17.6 Å². The first-order valence-electron chi connectivity index (χ1n) is 13.1. The molecule has 0 unspecified atom stereocenters. The second-order valence-electron chi connectivity index (χ2n) is 10.8. The van der Waals surface area contributed by atoms with Gasteiger partial charge in [0.1, 0.15) is 0 Å². The summed E-state index contributed by atoms with van der Waals surface area (Å²) in [5.41, 5.74) is 1.76. The molecular weight excluding hydrogens is 491 g/mol. The van der Waals surface area contributed by atoms with Crippen molar-refractivity contribution in [3.05, 3.63) is 88.4 Å². The maximum Gasteiger partial charge on any atom is 0.417 e. The van der Waals surface area contributed by atoms with Crippen LogP contribution in [0.1, 0.15) is 71.0 Å². The van der Waals surface area contributed by atoms with Crippen molar-refractivity contribution in [2.75, 3.05) is 5.32 Å². The Morgan fingerprint density at radius 3 is 2.61 bits per heavy atom. The van der Waals surface area contributed by atoms with Gasteiger partial charge in [-0.2, -0.15) is 13.2 Å². The number of anilines is 1. The second-order valence-corrected chi connectivity index (χ2v) is 10.8. The highest BCUT2D eigenvalue weighted by molar-refractivity contribution is 6.04. The highest BCUT2D eigenvalue weighted by atomic mass is 19.4. The SMILES string of the molecule is CCc1cnc(NC(=O)c2ccc3c(c2)CC[C@@H]2C[C@@](O)(C(F)(F)F)CC[C@@]32Cc2ccccc2)c(C)n1. The van der Waals surface area contributed by atoms with Crippen molar-refractivity contribution >= 4 is 11.7 Å². The number of hydrogen-bond acceptors (Lipinski definition) is 4. The summed E-state index contributed by atoms with van der Waals surface area (Å²) in [6, 6.07) is 15.3. The molecule has 2 aromatic carbocycles. The summed E-state index contributed by atoms with van der Waals surface area (Å²) < 4.78 is 41.5. The summed E-state index contributed by atoms with van der Waals surface area (Å²) in [5, 5.41) is 13.4. The number of benzene rings is 2. The van der Waals surface area contributed by atoms with Crippen molar-refractivity contribution in [1.29, 1.82) is 0 Å². The van der Waals surface area contributed by atoms with Crippen molar-refractivity contribution in [1.82, 2.24) is 9.97 Å². The lowest BCUT2D eigenvalue weighted by Gasteiger charge is -2.53. The molecule has 0 radical (unpaired) electrons. The number of nitrogens with zero attached hydrogens (tertiary/aromatic N) is 2. The minimum Gasteiger partial charge on any atom is -0.380 e. The summed E-state index contributed by atoms with van der Waals surface area (Å²) in [6.45, 7) is 3.78. The average Bonchev–Trinajstić information content (AvgIpc) is 2.89. The molecule has 5 rings (SSSR count). The van der Waals surface area contributed by atoms with Crippen LogP contribution in [0.15, 0.2) is 54.7 Å². The standard InChI is InChI=1S/C30H32F3N3O2/c1-3-24-18-34-26(19(2)35-24)36-27(37)22-10-12-25-21(15-22)9-11-23-17-29(38,30(31,32)33)14-13-28(23,25)16-20-7-5-4-6-8-20/h4-8,10,12,15,18,23,38H,3,9,11,13-14,16-17H2,1-2H3,(H,34,36,37)/t23-,28+,29-/m1/s1. The first kappa shape index (κ1) is 26.4. The number of alkyl halides is 3. The second kappa shape index (κ2) is 9.80. The minimum absolute atomic E-state index is 0.222. The summed E-state index contributed by atoms with van der Waals surface area (Å²) in [6.07, 6.45) is -1.03. The maximum atomic E-state index is 13.8. The molecule has 2 N–H and O–H groups in total. The third kappa shape index (κ3) is 4.70. The van der Waals surface area contributed by atoms with Crippen LogP contribution in [0, 0.1) is 12.8 Å². The van der Waals surface area contributed by atoms with Gasteiger partial charge in [0, 0.05) is 11.0 Å². The molecule has 0 aliphatic heterocycles. The molecule has 200 valence electrons. The number of hydrogen-bond donors (Lipinski definition) is 2. The van der Waals surface area contributed by atoms with E-state index < -0.39 is 17.2 Å². The predicted octanol–water partition coefficient (Wildman–Crippen LogP) is 6.12. The molecule has 0 spiro atoms. The van der Waals surface area contributed by atoms with E-state index >= 15 is 0 Å².